The first-order chi connectivity index (χ1) is 17.2. The average molecular weight is 517 g/mol. The Balaban J connectivity index is 1.31. The summed E-state index contributed by atoms with van der Waals surface area (Å²) in [5.41, 5.74) is 9.26. The molecular formula is C27H37ClN4O4. The smallest absolute Gasteiger partial charge is 0.270 e. The zero-order chi connectivity index (χ0) is 25.8. The molecule has 2 atom stereocenters. The topological polar surface area (TPSA) is 97.5 Å². The van der Waals surface area contributed by atoms with Gasteiger partial charge in [0.2, 0.25) is 5.91 Å². The largest absolute Gasteiger partial charge is 0.489 e. The van der Waals surface area contributed by atoms with Crippen molar-refractivity contribution in [1.82, 2.24) is 9.80 Å². The molecule has 1 aromatic carbocycles. The highest BCUT2D eigenvalue weighted by molar-refractivity contribution is 6.32. The SMILES string of the molecule is Cc1ccc(OC2CCN(C(=O)CN=C3CCC/C3=C(/N)C(=O)N3C[C@@H](C)O[C@@H](C)C3)CC2)c(Cl)c1. The fourth-order valence-electron chi connectivity index (χ4n) is 5.20. The average Bonchev–Trinajstić information content (AvgIpc) is 3.32. The molecule has 1 aliphatic carbocycles. The van der Waals surface area contributed by atoms with Crippen molar-refractivity contribution in [3.63, 3.8) is 0 Å². The Morgan fingerprint density at radius 3 is 2.50 bits per heavy atom. The molecule has 2 saturated heterocycles. The summed E-state index contributed by atoms with van der Waals surface area (Å²) in [6.45, 7) is 8.27. The van der Waals surface area contributed by atoms with Gasteiger partial charge in [0.05, 0.1) is 17.2 Å². The van der Waals surface area contributed by atoms with Crippen LogP contribution in [-0.4, -0.2) is 78.4 Å². The number of nitrogens with two attached hydrogens (primary N) is 1. The van der Waals surface area contributed by atoms with Crippen LogP contribution >= 0.6 is 11.6 Å². The van der Waals surface area contributed by atoms with Gasteiger partial charge < -0.3 is 25.0 Å². The van der Waals surface area contributed by atoms with Crippen molar-refractivity contribution in [2.24, 2.45) is 10.7 Å². The van der Waals surface area contributed by atoms with Gasteiger partial charge >= 0.3 is 0 Å². The number of carbonyl (C=O) groups is 2. The van der Waals surface area contributed by atoms with E-state index in [0.717, 1.165) is 42.5 Å². The van der Waals surface area contributed by atoms with E-state index < -0.39 is 0 Å². The molecule has 0 bridgehead atoms. The molecule has 3 aliphatic rings. The first-order valence-electron chi connectivity index (χ1n) is 12.9. The quantitative estimate of drug-likeness (QED) is 0.604. The number of hydrogen-bond donors (Lipinski definition) is 1. The van der Waals surface area contributed by atoms with Crippen LogP contribution in [0.5, 0.6) is 5.75 Å². The zero-order valence-corrected chi connectivity index (χ0v) is 22.2. The standard InChI is InChI=1S/C27H37ClN4O4/c1-17-7-8-24(22(28)13-17)36-20-9-11-31(12-10-20)25(33)14-30-23-6-4-5-21(23)26(29)27(34)32-15-18(2)35-19(3)16-32/h7-8,13,18-20H,4-6,9-12,14-16,29H2,1-3H3/b26-21-,30-23?/t18-,19+. The maximum absolute atomic E-state index is 13.0. The number of hydrogen-bond acceptors (Lipinski definition) is 6. The minimum Gasteiger partial charge on any atom is -0.489 e. The number of nitrogens with zero attached hydrogens (tertiary/aromatic N) is 3. The van der Waals surface area contributed by atoms with Crippen LogP contribution in [0.15, 0.2) is 34.5 Å². The van der Waals surface area contributed by atoms with E-state index in [1.165, 1.54) is 0 Å². The molecule has 2 N–H and O–H groups in total. The monoisotopic (exact) mass is 516 g/mol. The second-order valence-electron chi connectivity index (χ2n) is 10.1. The van der Waals surface area contributed by atoms with Gasteiger partial charge in [-0.05, 0) is 57.7 Å². The fourth-order valence-corrected chi connectivity index (χ4v) is 5.48. The third-order valence-electron chi connectivity index (χ3n) is 7.03. The van der Waals surface area contributed by atoms with Crippen LogP contribution in [0.2, 0.25) is 5.02 Å². The molecule has 9 heteroatoms. The van der Waals surface area contributed by atoms with Gasteiger partial charge in [-0.2, -0.15) is 0 Å². The van der Waals surface area contributed by atoms with Gasteiger partial charge in [-0.3, -0.25) is 14.6 Å². The summed E-state index contributed by atoms with van der Waals surface area (Å²) in [7, 11) is 0. The second kappa shape index (κ2) is 11.6. The zero-order valence-electron chi connectivity index (χ0n) is 21.5. The predicted molar refractivity (Wildman–Crippen MR) is 140 cm³/mol. The highest BCUT2D eigenvalue weighted by atomic mass is 35.5. The lowest BCUT2D eigenvalue weighted by atomic mass is 10.1. The first-order valence-corrected chi connectivity index (χ1v) is 13.3. The van der Waals surface area contributed by atoms with Crippen LogP contribution in [-0.2, 0) is 14.3 Å². The Kier molecular flexibility index (Phi) is 8.57. The number of aliphatic imine (C=N–C) groups is 1. The summed E-state index contributed by atoms with van der Waals surface area (Å²) in [5.74, 6) is 0.511. The van der Waals surface area contributed by atoms with Crippen molar-refractivity contribution < 1.29 is 19.1 Å². The summed E-state index contributed by atoms with van der Waals surface area (Å²) >= 11 is 6.30. The number of halogens is 1. The molecule has 1 aromatic rings. The third-order valence-corrected chi connectivity index (χ3v) is 7.33. The van der Waals surface area contributed by atoms with Crippen LogP contribution in [0.25, 0.3) is 0 Å². The van der Waals surface area contributed by atoms with E-state index in [2.05, 4.69) is 4.99 Å². The molecule has 2 amide bonds. The van der Waals surface area contributed by atoms with Gasteiger partial charge in [-0.1, -0.05) is 17.7 Å². The van der Waals surface area contributed by atoms with E-state index in [1.54, 1.807) is 4.90 Å². The molecular weight excluding hydrogens is 480 g/mol. The maximum Gasteiger partial charge on any atom is 0.270 e. The molecule has 3 fully saturated rings. The Morgan fingerprint density at radius 1 is 1.14 bits per heavy atom. The van der Waals surface area contributed by atoms with Crippen molar-refractivity contribution in [2.45, 2.75) is 71.2 Å². The number of allylic oxidation sites excluding steroid dienone is 1. The Labute approximate surface area is 218 Å². The van der Waals surface area contributed by atoms with Crippen LogP contribution in [0.4, 0.5) is 0 Å². The Morgan fingerprint density at radius 2 is 1.83 bits per heavy atom. The van der Waals surface area contributed by atoms with Gasteiger partial charge in [0, 0.05) is 50.3 Å². The molecule has 0 aromatic heterocycles. The second-order valence-corrected chi connectivity index (χ2v) is 10.5. The summed E-state index contributed by atoms with van der Waals surface area (Å²) in [4.78, 5) is 34.1. The normalized spacial score (nSPS) is 25.8. The van der Waals surface area contributed by atoms with E-state index >= 15 is 0 Å². The minimum absolute atomic E-state index is 0.0127. The van der Waals surface area contributed by atoms with Crippen LogP contribution < -0.4 is 10.5 Å². The number of carbonyl (C=O) groups excluding carboxylic acids is 2. The van der Waals surface area contributed by atoms with Crippen molar-refractivity contribution in [2.75, 3.05) is 32.7 Å². The van der Waals surface area contributed by atoms with Crippen molar-refractivity contribution in [3.05, 3.63) is 40.1 Å². The molecule has 36 heavy (non-hydrogen) atoms. The minimum atomic E-state index is -0.163. The Hall–Kier alpha value is -2.58. The molecule has 8 nitrogen and oxygen atoms in total. The van der Waals surface area contributed by atoms with Crippen LogP contribution in [0.3, 0.4) is 0 Å². The van der Waals surface area contributed by atoms with Gasteiger partial charge in [0.1, 0.15) is 24.1 Å². The fraction of sp³-hybridized carbons (Fsp3) is 0.593. The number of likely N-dealkylation sites (tertiary alicyclic amines) is 1. The number of rotatable bonds is 5. The summed E-state index contributed by atoms with van der Waals surface area (Å²) in [5, 5.41) is 0.611. The van der Waals surface area contributed by atoms with Crippen LogP contribution in [0.1, 0.15) is 51.5 Å². The van der Waals surface area contributed by atoms with E-state index in [1.807, 2.05) is 43.9 Å². The maximum atomic E-state index is 13.0. The van der Waals surface area contributed by atoms with Gasteiger partial charge in [-0.25, -0.2) is 0 Å². The van der Waals surface area contributed by atoms with Crippen LogP contribution in [0, 0.1) is 6.92 Å². The van der Waals surface area contributed by atoms with Crippen molar-refractivity contribution in [3.8, 4) is 5.75 Å². The molecule has 0 unspecified atom stereocenters. The lowest BCUT2D eigenvalue weighted by Gasteiger charge is -2.35. The molecule has 1 saturated carbocycles. The molecule has 2 heterocycles. The highest BCUT2D eigenvalue weighted by Gasteiger charge is 2.30. The first kappa shape index (κ1) is 26.5. The molecule has 0 radical (unpaired) electrons. The number of morpholine rings is 1. The molecule has 4 rings (SSSR count). The molecule has 2 aliphatic heterocycles. The molecule has 0 spiro atoms. The van der Waals surface area contributed by atoms with Crippen molar-refractivity contribution in [1.29, 1.82) is 0 Å². The van der Waals surface area contributed by atoms with E-state index in [-0.39, 0.29) is 42.4 Å². The lowest BCUT2D eigenvalue weighted by molar-refractivity contribution is -0.139. The van der Waals surface area contributed by atoms with E-state index in [4.69, 9.17) is 26.8 Å². The number of amides is 2. The number of benzene rings is 1. The number of piperidine rings is 1. The number of aryl methyl sites for hydroxylation is 1. The summed E-state index contributed by atoms with van der Waals surface area (Å²) in [6, 6.07) is 5.77. The third kappa shape index (κ3) is 6.40. The van der Waals surface area contributed by atoms with E-state index in [9.17, 15) is 9.59 Å². The van der Waals surface area contributed by atoms with Gasteiger partial charge in [0.25, 0.3) is 5.91 Å². The Bertz CT molecular complexity index is 1040. The molecule has 196 valence electrons. The van der Waals surface area contributed by atoms with Gasteiger partial charge in [-0.15, -0.1) is 0 Å². The van der Waals surface area contributed by atoms with Gasteiger partial charge in [0.15, 0.2) is 0 Å². The summed E-state index contributed by atoms with van der Waals surface area (Å²) in [6.07, 6.45) is 3.81. The predicted octanol–water partition coefficient (Wildman–Crippen LogP) is 3.49. The van der Waals surface area contributed by atoms with Crippen molar-refractivity contribution >= 4 is 29.1 Å². The highest BCUT2D eigenvalue weighted by Crippen LogP contribution is 2.29. The van der Waals surface area contributed by atoms with E-state index in [0.29, 0.717) is 43.4 Å². The summed E-state index contributed by atoms with van der Waals surface area (Å²) < 4.78 is 11.8. The number of ether oxygens (including phenoxy) is 2. The lowest BCUT2D eigenvalue weighted by Crippen LogP contribution is -2.49.